The van der Waals surface area contributed by atoms with Gasteiger partial charge >= 0.3 is 5.69 Å². The number of hydrogen-bond acceptors (Lipinski definition) is 5. The van der Waals surface area contributed by atoms with E-state index >= 15 is 0 Å². The molecule has 8 heteroatoms. The van der Waals surface area contributed by atoms with Gasteiger partial charge in [0.15, 0.2) is 0 Å². The summed E-state index contributed by atoms with van der Waals surface area (Å²) < 4.78 is 8.31. The predicted molar refractivity (Wildman–Crippen MR) is 113 cm³/mol. The van der Waals surface area contributed by atoms with E-state index in [1.54, 1.807) is 40.7 Å². The van der Waals surface area contributed by atoms with Crippen molar-refractivity contribution in [1.29, 1.82) is 0 Å². The zero-order valence-corrected chi connectivity index (χ0v) is 17.5. The van der Waals surface area contributed by atoms with Crippen LogP contribution in [0.25, 0.3) is 15.9 Å². The molecule has 4 rings (SSSR count). The molecule has 0 bridgehead atoms. The van der Waals surface area contributed by atoms with Crippen LogP contribution in [0.5, 0.6) is 5.75 Å². The summed E-state index contributed by atoms with van der Waals surface area (Å²) in [5.41, 5.74) is 0.713. The van der Waals surface area contributed by atoms with Gasteiger partial charge in [-0.05, 0) is 30.5 Å². The van der Waals surface area contributed by atoms with Crippen LogP contribution < -0.4 is 16.0 Å². The van der Waals surface area contributed by atoms with Gasteiger partial charge in [0.2, 0.25) is 5.91 Å². The topological polar surface area (TPSA) is 73.5 Å². The number of hydrogen-bond donors (Lipinski definition) is 0. The molecule has 0 saturated carbocycles. The number of aromatic nitrogens is 2. The van der Waals surface area contributed by atoms with Crippen molar-refractivity contribution in [1.82, 2.24) is 14.0 Å². The molecule has 3 heterocycles. The summed E-state index contributed by atoms with van der Waals surface area (Å²) in [6.07, 6.45) is 1.38. The highest BCUT2D eigenvalue weighted by atomic mass is 32.1. The van der Waals surface area contributed by atoms with Gasteiger partial charge in [-0.15, -0.1) is 11.3 Å². The first kappa shape index (κ1) is 19.4. The molecule has 0 saturated heterocycles. The van der Waals surface area contributed by atoms with Crippen molar-refractivity contribution in [3.05, 3.63) is 55.5 Å². The molecule has 3 aromatic rings. The quantitative estimate of drug-likeness (QED) is 0.659. The smallest absolute Gasteiger partial charge is 0.336 e. The Balaban J connectivity index is 2.06. The fourth-order valence-electron chi connectivity index (χ4n) is 3.92. The highest BCUT2D eigenvalue weighted by molar-refractivity contribution is 7.18. The first-order chi connectivity index (χ1) is 14.0. The van der Waals surface area contributed by atoms with Gasteiger partial charge in [0.1, 0.15) is 10.6 Å². The minimum Gasteiger partial charge on any atom is -0.495 e. The molecule has 0 spiro atoms. The lowest BCUT2D eigenvalue weighted by atomic mass is 10.1. The number of nitrogens with zero attached hydrogens (tertiary/aromatic N) is 3. The standard InChI is InChI=1S/C21H23N3O4S/c1-4-10-23-20-18(14-9-11-22(13(2)25)12-17(14)29-20)19(26)24(21(23)27)15-7-5-6-8-16(15)28-3/h5-8H,4,9-12H2,1-3H3. The normalized spacial score (nSPS) is 13.6. The number of methoxy groups -OCH3 is 1. The van der Waals surface area contributed by atoms with E-state index in [0.717, 1.165) is 16.9 Å². The highest BCUT2D eigenvalue weighted by Crippen LogP contribution is 2.33. The summed E-state index contributed by atoms with van der Waals surface area (Å²) in [6, 6.07) is 7.05. The predicted octanol–water partition coefficient (Wildman–Crippen LogP) is 2.54. The highest BCUT2D eigenvalue weighted by Gasteiger charge is 2.27. The van der Waals surface area contributed by atoms with Crippen LogP contribution in [0.3, 0.4) is 0 Å². The molecular weight excluding hydrogens is 390 g/mol. The first-order valence-electron chi connectivity index (χ1n) is 9.66. The van der Waals surface area contributed by atoms with Crippen molar-refractivity contribution in [3.8, 4) is 11.4 Å². The van der Waals surface area contributed by atoms with E-state index in [1.807, 2.05) is 6.92 Å². The molecule has 0 atom stereocenters. The third-order valence-corrected chi connectivity index (χ3v) is 6.58. The largest absolute Gasteiger partial charge is 0.495 e. The Labute approximate surface area is 171 Å². The van der Waals surface area contributed by atoms with Gasteiger partial charge < -0.3 is 9.64 Å². The van der Waals surface area contributed by atoms with E-state index in [2.05, 4.69) is 0 Å². The number of rotatable bonds is 4. The average molecular weight is 413 g/mol. The molecule has 0 aliphatic carbocycles. The Morgan fingerprint density at radius 2 is 2.00 bits per heavy atom. The number of carbonyl (C=O) groups excluding carboxylic acids is 1. The Morgan fingerprint density at radius 3 is 2.69 bits per heavy atom. The van der Waals surface area contributed by atoms with Crippen molar-refractivity contribution in [2.75, 3.05) is 13.7 Å². The van der Waals surface area contributed by atoms with Crippen molar-refractivity contribution < 1.29 is 9.53 Å². The molecule has 0 fully saturated rings. The van der Waals surface area contributed by atoms with Crippen LogP contribution in [0, 0.1) is 0 Å². The molecule has 1 aromatic carbocycles. The number of para-hydroxylation sites is 2. The van der Waals surface area contributed by atoms with Crippen LogP contribution in [0.4, 0.5) is 0 Å². The summed E-state index contributed by atoms with van der Waals surface area (Å²) in [6.45, 7) is 5.13. The van der Waals surface area contributed by atoms with E-state index in [1.165, 1.54) is 23.0 Å². The van der Waals surface area contributed by atoms with Crippen molar-refractivity contribution in [3.63, 3.8) is 0 Å². The monoisotopic (exact) mass is 413 g/mol. The Kier molecular flexibility index (Phi) is 5.04. The number of amides is 1. The van der Waals surface area contributed by atoms with E-state index in [-0.39, 0.29) is 17.2 Å². The third-order valence-electron chi connectivity index (χ3n) is 5.34. The number of aryl methyl sites for hydroxylation is 1. The number of benzene rings is 1. The van der Waals surface area contributed by atoms with E-state index in [9.17, 15) is 14.4 Å². The third kappa shape index (κ3) is 3.07. The van der Waals surface area contributed by atoms with Gasteiger partial charge in [-0.1, -0.05) is 19.1 Å². The number of carbonyl (C=O) groups is 1. The maximum Gasteiger partial charge on any atom is 0.336 e. The van der Waals surface area contributed by atoms with Crippen LogP contribution in [-0.2, 0) is 24.3 Å². The molecule has 1 amide bonds. The molecule has 152 valence electrons. The molecule has 2 aromatic heterocycles. The summed E-state index contributed by atoms with van der Waals surface area (Å²) in [5, 5.41) is 0.590. The minimum absolute atomic E-state index is 0.0190. The van der Waals surface area contributed by atoms with Gasteiger partial charge in [-0.3, -0.25) is 14.2 Å². The fourth-order valence-corrected chi connectivity index (χ4v) is 5.30. The summed E-state index contributed by atoms with van der Waals surface area (Å²) in [7, 11) is 1.52. The molecule has 0 radical (unpaired) electrons. The Hall–Kier alpha value is -2.87. The zero-order chi connectivity index (χ0) is 20.7. The molecule has 0 N–H and O–H groups in total. The van der Waals surface area contributed by atoms with Crippen molar-refractivity contribution in [2.45, 2.75) is 39.8 Å². The van der Waals surface area contributed by atoms with Gasteiger partial charge in [0.25, 0.3) is 5.56 Å². The minimum atomic E-state index is -0.365. The lowest BCUT2D eigenvalue weighted by Gasteiger charge is -2.25. The second-order valence-electron chi connectivity index (χ2n) is 7.12. The van der Waals surface area contributed by atoms with Crippen molar-refractivity contribution in [2.24, 2.45) is 0 Å². The first-order valence-corrected chi connectivity index (χ1v) is 10.5. The van der Waals surface area contributed by atoms with Gasteiger partial charge in [0, 0.05) is 24.9 Å². The lowest BCUT2D eigenvalue weighted by molar-refractivity contribution is -0.129. The molecular formula is C21H23N3O4S. The molecule has 7 nitrogen and oxygen atoms in total. The maximum atomic E-state index is 13.5. The summed E-state index contributed by atoms with van der Waals surface area (Å²) in [5.74, 6) is 0.492. The van der Waals surface area contributed by atoms with Crippen LogP contribution in [-0.4, -0.2) is 33.6 Å². The second-order valence-corrected chi connectivity index (χ2v) is 8.20. The fraction of sp³-hybridized carbons (Fsp3) is 0.381. The Bertz CT molecular complexity index is 1220. The van der Waals surface area contributed by atoms with E-state index in [0.29, 0.717) is 47.7 Å². The van der Waals surface area contributed by atoms with Crippen LogP contribution >= 0.6 is 11.3 Å². The number of ether oxygens (including phenoxy) is 1. The maximum absolute atomic E-state index is 13.5. The van der Waals surface area contributed by atoms with E-state index < -0.39 is 0 Å². The van der Waals surface area contributed by atoms with Crippen LogP contribution in [0.15, 0.2) is 33.9 Å². The number of thiophene rings is 1. The Morgan fingerprint density at radius 1 is 1.24 bits per heavy atom. The average Bonchev–Trinajstić information content (AvgIpc) is 3.10. The molecule has 29 heavy (non-hydrogen) atoms. The second kappa shape index (κ2) is 7.51. The van der Waals surface area contributed by atoms with Gasteiger partial charge in [-0.2, -0.15) is 0 Å². The molecule has 1 aliphatic rings. The SMILES string of the molecule is CCCn1c(=O)n(-c2ccccc2OC)c(=O)c2c3c(sc21)CN(C(C)=O)CC3. The van der Waals surface area contributed by atoms with Crippen molar-refractivity contribution >= 4 is 27.5 Å². The summed E-state index contributed by atoms with van der Waals surface area (Å²) >= 11 is 1.45. The molecule has 1 aliphatic heterocycles. The van der Waals surface area contributed by atoms with Crippen LogP contribution in [0.1, 0.15) is 30.7 Å². The summed E-state index contributed by atoms with van der Waals surface area (Å²) in [4.78, 5) is 42.2. The number of fused-ring (bicyclic) bond motifs is 3. The lowest BCUT2D eigenvalue weighted by Crippen LogP contribution is -2.39. The van der Waals surface area contributed by atoms with E-state index in [4.69, 9.17) is 4.74 Å². The van der Waals surface area contributed by atoms with Crippen LogP contribution in [0.2, 0.25) is 0 Å². The molecule has 0 unspecified atom stereocenters. The zero-order valence-electron chi connectivity index (χ0n) is 16.7. The van der Waals surface area contributed by atoms with Gasteiger partial charge in [-0.25, -0.2) is 9.36 Å². The van der Waals surface area contributed by atoms with Gasteiger partial charge in [0.05, 0.1) is 24.7 Å².